The molecule has 1 aliphatic heterocycles. The number of piperidine rings is 1. The molecule has 1 saturated heterocycles. The van der Waals surface area contributed by atoms with Crippen LogP contribution in [0.4, 0.5) is 4.79 Å². The van der Waals surface area contributed by atoms with E-state index in [4.69, 9.17) is 5.73 Å². The molecule has 14 nitrogen and oxygen atoms in total. The van der Waals surface area contributed by atoms with E-state index in [0.717, 1.165) is 49.3 Å². The Morgan fingerprint density at radius 2 is 1.54 bits per heavy atom. The minimum absolute atomic E-state index is 0.0604. The molecular weight excluding hydrogens is 638 g/mol. The third-order valence-electron chi connectivity index (χ3n) is 11.1. The van der Waals surface area contributed by atoms with E-state index in [1.54, 1.807) is 0 Å². The summed E-state index contributed by atoms with van der Waals surface area (Å²) in [5.41, 5.74) is 4.36. The summed E-state index contributed by atoms with van der Waals surface area (Å²) in [7, 11) is 0.693. The summed E-state index contributed by atoms with van der Waals surface area (Å²) in [5.74, 6) is -2.65. The normalized spacial score (nSPS) is 26.0. The van der Waals surface area contributed by atoms with Gasteiger partial charge in [0.25, 0.3) is 16.1 Å². The van der Waals surface area contributed by atoms with Crippen LogP contribution in [0.3, 0.4) is 0 Å². The van der Waals surface area contributed by atoms with Crippen LogP contribution in [0.15, 0.2) is 0 Å². The predicted octanol–water partition coefficient (Wildman–Crippen LogP) is 1.21. The lowest BCUT2D eigenvalue weighted by molar-refractivity contribution is -0.145. The van der Waals surface area contributed by atoms with Crippen molar-refractivity contribution in [2.24, 2.45) is 40.2 Å². The number of rotatable bonds is 14. The van der Waals surface area contributed by atoms with E-state index < -0.39 is 69.3 Å². The molecule has 15 heteroatoms. The second-order valence-corrected chi connectivity index (χ2v) is 18.6. The van der Waals surface area contributed by atoms with Crippen molar-refractivity contribution in [3.05, 3.63) is 0 Å². The molecule has 48 heavy (non-hydrogen) atoms. The van der Waals surface area contributed by atoms with Crippen LogP contribution in [0.1, 0.15) is 86.0 Å². The number of nitrogens with one attached hydrogen (secondary N) is 3. The largest absolute Gasteiger partial charge is 0.363 e. The molecule has 5 amide bonds. The number of likely N-dealkylation sites (N-methyl/N-ethyl adjacent to an activating group) is 1. The molecule has 0 aromatic carbocycles. The van der Waals surface area contributed by atoms with Crippen molar-refractivity contribution in [2.75, 3.05) is 34.2 Å². The molecule has 0 aromatic heterocycles. The zero-order valence-electron chi connectivity index (χ0n) is 29.9. The van der Waals surface area contributed by atoms with Crippen molar-refractivity contribution in [1.82, 2.24) is 29.5 Å². The quantitative estimate of drug-likeness (QED) is 0.196. The first-order valence-corrected chi connectivity index (χ1v) is 18.7. The van der Waals surface area contributed by atoms with Crippen LogP contribution in [0.5, 0.6) is 0 Å². The highest BCUT2D eigenvalue weighted by atomic mass is 32.2. The van der Waals surface area contributed by atoms with Gasteiger partial charge < -0.3 is 26.6 Å². The molecule has 0 aromatic rings. The lowest BCUT2D eigenvalue weighted by atomic mass is 9.83. The molecule has 3 saturated carbocycles. The summed E-state index contributed by atoms with van der Waals surface area (Å²) in [6.07, 6.45) is 6.91. The molecule has 5 N–H and O–H groups in total. The monoisotopic (exact) mass is 695 g/mol. The van der Waals surface area contributed by atoms with Gasteiger partial charge in [0.2, 0.25) is 17.6 Å². The van der Waals surface area contributed by atoms with Gasteiger partial charge in [0, 0.05) is 40.3 Å². The smallest absolute Gasteiger partial charge is 0.315 e. The van der Waals surface area contributed by atoms with E-state index in [0.29, 0.717) is 13.0 Å². The number of fused-ring (bicyclic) bond motifs is 1. The zero-order chi connectivity index (χ0) is 35.9. The number of nitrogens with two attached hydrogens (primary N) is 1. The number of nitrogens with zero attached hydrogens (tertiary/aromatic N) is 3. The van der Waals surface area contributed by atoms with Gasteiger partial charge in [0.1, 0.15) is 12.1 Å². The minimum atomic E-state index is -3.72. The van der Waals surface area contributed by atoms with Crippen molar-refractivity contribution in [3.63, 3.8) is 0 Å². The number of ketones is 1. The maximum atomic E-state index is 14.4. The van der Waals surface area contributed by atoms with Crippen LogP contribution < -0.4 is 21.7 Å². The van der Waals surface area contributed by atoms with E-state index in [9.17, 15) is 32.4 Å². The lowest BCUT2D eigenvalue weighted by Crippen LogP contribution is -2.62. The number of likely N-dealkylation sites (tertiary alicyclic amines) is 1. The standard InChI is InChI=1S/C33H57N7O7S/c1-32(2,3)27(37-31(45)36-23(20-12-10-9-11-13-20)18-39(8)48(46,47)38(6)7)30(44)40-17-21-24(33(21,4)5)25(40)29(43)35-22(16-19-14-15-19)26(41)28(34)42/h19-25,27H,9-18H2,1-8H3,(H2,34,42)(H,35,43)(H2,36,37,45)/t21-,22?,23+,24-,25-,27+/m0/s1. The van der Waals surface area contributed by atoms with Crippen molar-refractivity contribution >= 4 is 39.7 Å². The molecular formula is C33H57N7O7S. The fourth-order valence-electron chi connectivity index (χ4n) is 7.82. The van der Waals surface area contributed by atoms with E-state index in [-0.39, 0.29) is 35.6 Å². The third kappa shape index (κ3) is 8.32. The molecule has 272 valence electrons. The molecule has 4 rings (SSSR count). The van der Waals surface area contributed by atoms with E-state index in [1.807, 2.05) is 34.6 Å². The number of hydrogen-bond acceptors (Lipinski definition) is 7. The molecule has 1 unspecified atom stereocenters. The highest BCUT2D eigenvalue weighted by molar-refractivity contribution is 7.86. The number of hydrogen-bond donors (Lipinski definition) is 4. The van der Waals surface area contributed by atoms with Gasteiger partial charge in [-0.3, -0.25) is 19.2 Å². The fourth-order valence-corrected chi connectivity index (χ4v) is 8.72. The molecule has 4 fully saturated rings. The molecule has 1 heterocycles. The van der Waals surface area contributed by atoms with E-state index in [1.165, 1.54) is 30.3 Å². The average molecular weight is 696 g/mol. The van der Waals surface area contributed by atoms with Crippen LogP contribution >= 0.6 is 0 Å². The van der Waals surface area contributed by atoms with Gasteiger partial charge in [-0.25, -0.2) is 4.79 Å². The summed E-state index contributed by atoms with van der Waals surface area (Å²) in [6, 6.07) is -4.01. The number of carbonyl (C=O) groups excluding carboxylic acids is 5. The number of carbonyl (C=O) groups is 5. The summed E-state index contributed by atoms with van der Waals surface area (Å²) >= 11 is 0. The Morgan fingerprint density at radius 3 is 2.06 bits per heavy atom. The van der Waals surface area contributed by atoms with Gasteiger partial charge in [-0.05, 0) is 53.8 Å². The second-order valence-electron chi connectivity index (χ2n) is 16.3. The molecule has 6 atom stereocenters. The Hall–Kier alpha value is -2.78. The molecule has 0 spiro atoms. The first-order valence-electron chi connectivity index (χ1n) is 17.3. The Morgan fingerprint density at radius 1 is 0.938 bits per heavy atom. The van der Waals surface area contributed by atoms with Gasteiger partial charge in [-0.15, -0.1) is 0 Å². The second kappa shape index (κ2) is 14.2. The Labute approximate surface area is 285 Å². The number of primary amides is 1. The third-order valence-corrected chi connectivity index (χ3v) is 13.0. The predicted molar refractivity (Wildman–Crippen MR) is 180 cm³/mol. The SMILES string of the molecule is CN(C)S(=O)(=O)N(C)C[C@@H](NC(=O)N[C@H](C(=O)N1C[C@H]2[C@@H]([C@H]1C(=O)NC(CC1CC1)C(=O)C(N)=O)C2(C)C)C(C)(C)C)C1CCCCC1. The Balaban J connectivity index is 1.53. The van der Waals surface area contributed by atoms with Crippen LogP contribution in [-0.2, 0) is 29.4 Å². The maximum absolute atomic E-state index is 14.4. The summed E-state index contributed by atoms with van der Waals surface area (Å²) in [4.78, 5) is 67.9. The van der Waals surface area contributed by atoms with Gasteiger partial charge >= 0.3 is 6.03 Å². The van der Waals surface area contributed by atoms with Crippen LogP contribution in [-0.4, -0.2) is 110 Å². The Bertz CT molecular complexity index is 1370. The van der Waals surface area contributed by atoms with Crippen LogP contribution in [0, 0.1) is 34.5 Å². The molecule has 4 aliphatic rings. The van der Waals surface area contributed by atoms with Gasteiger partial charge in [-0.2, -0.15) is 17.0 Å². The van der Waals surface area contributed by atoms with Gasteiger partial charge in [-0.1, -0.05) is 66.7 Å². The van der Waals surface area contributed by atoms with Crippen LogP contribution in [0.2, 0.25) is 0 Å². The zero-order valence-corrected chi connectivity index (χ0v) is 30.7. The Kier molecular flexibility index (Phi) is 11.3. The highest BCUT2D eigenvalue weighted by Crippen LogP contribution is 2.65. The first kappa shape index (κ1) is 38.0. The maximum Gasteiger partial charge on any atom is 0.315 e. The summed E-state index contributed by atoms with van der Waals surface area (Å²) < 4.78 is 28.0. The molecule has 3 aliphatic carbocycles. The number of Topliss-reactive ketones (excluding diaryl/α,β-unsaturated/α-hetero) is 1. The van der Waals surface area contributed by atoms with Crippen molar-refractivity contribution in [1.29, 1.82) is 0 Å². The van der Waals surface area contributed by atoms with E-state index in [2.05, 4.69) is 16.0 Å². The minimum Gasteiger partial charge on any atom is -0.363 e. The lowest BCUT2D eigenvalue weighted by Gasteiger charge is -2.39. The van der Waals surface area contributed by atoms with Crippen LogP contribution in [0.25, 0.3) is 0 Å². The van der Waals surface area contributed by atoms with Crippen molar-refractivity contribution in [2.45, 2.75) is 110 Å². The topological polar surface area (TPSA) is 191 Å². The van der Waals surface area contributed by atoms with Crippen molar-refractivity contribution in [3.8, 4) is 0 Å². The van der Waals surface area contributed by atoms with Gasteiger partial charge in [0.05, 0.1) is 6.04 Å². The summed E-state index contributed by atoms with van der Waals surface area (Å²) in [6.45, 7) is 9.99. The average Bonchev–Trinajstić information content (AvgIpc) is 3.85. The van der Waals surface area contributed by atoms with Gasteiger partial charge in [0.15, 0.2) is 0 Å². The fraction of sp³-hybridized carbons (Fsp3) is 0.848. The number of amides is 5. The number of urea groups is 1. The summed E-state index contributed by atoms with van der Waals surface area (Å²) in [5, 5.41) is 8.67. The highest BCUT2D eigenvalue weighted by Gasteiger charge is 2.70. The first-order chi connectivity index (χ1) is 22.2. The molecule has 0 radical (unpaired) electrons. The van der Waals surface area contributed by atoms with Crippen molar-refractivity contribution < 1.29 is 32.4 Å². The molecule has 0 bridgehead atoms. The van der Waals surface area contributed by atoms with E-state index >= 15 is 0 Å².